The number of carbonyl (C=O) groups excluding carboxylic acids is 1. The van der Waals surface area contributed by atoms with Crippen LogP contribution in [-0.4, -0.2) is 55.0 Å². The molecule has 3 N–H and O–H groups in total. The van der Waals surface area contributed by atoms with Crippen LogP contribution in [0.4, 0.5) is 5.69 Å². The van der Waals surface area contributed by atoms with Gasteiger partial charge in [-0.2, -0.15) is 0 Å². The fraction of sp³-hybridized carbons (Fsp3) is 0.562. The molecule has 1 saturated heterocycles. The lowest BCUT2D eigenvalue weighted by atomic mass is 10.2. The summed E-state index contributed by atoms with van der Waals surface area (Å²) >= 11 is 0. The third kappa shape index (κ3) is 7.50. The number of piperazine rings is 1. The molecule has 0 aliphatic carbocycles. The molecule has 0 aromatic heterocycles. The Hall–Kier alpha value is -0.850. The third-order valence-electron chi connectivity index (χ3n) is 4.04. The maximum Gasteiger partial charge on any atom is 0.225 e. The minimum Gasteiger partial charge on any atom is -0.326 e. The van der Waals surface area contributed by atoms with Crippen molar-refractivity contribution >= 4 is 36.4 Å². The van der Waals surface area contributed by atoms with Gasteiger partial charge >= 0.3 is 0 Å². The molecule has 7 heteroatoms. The Kier molecular flexibility index (Phi) is 11.2. The maximum absolute atomic E-state index is 12.0. The molecule has 5 nitrogen and oxygen atoms in total. The van der Waals surface area contributed by atoms with Gasteiger partial charge in [0, 0.05) is 51.4 Å². The Balaban J connectivity index is 0.00000242. The first-order chi connectivity index (χ1) is 10.2. The van der Waals surface area contributed by atoms with E-state index in [1.54, 1.807) is 0 Å². The van der Waals surface area contributed by atoms with E-state index in [-0.39, 0.29) is 30.7 Å². The van der Waals surface area contributed by atoms with E-state index in [4.69, 9.17) is 5.73 Å². The highest BCUT2D eigenvalue weighted by molar-refractivity contribution is 5.90. The van der Waals surface area contributed by atoms with Crippen molar-refractivity contribution in [1.29, 1.82) is 0 Å². The summed E-state index contributed by atoms with van der Waals surface area (Å²) in [5.74, 6) is 0.0772. The second kappa shape index (κ2) is 11.6. The Morgan fingerprint density at radius 2 is 1.65 bits per heavy atom. The van der Waals surface area contributed by atoms with Crippen molar-refractivity contribution in [3.05, 3.63) is 29.8 Å². The van der Waals surface area contributed by atoms with Gasteiger partial charge in [-0.1, -0.05) is 19.1 Å². The van der Waals surface area contributed by atoms with E-state index in [1.165, 1.54) is 0 Å². The number of nitrogens with zero attached hydrogens (tertiary/aromatic N) is 2. The predicted octanol–water partition coefficient (Wildman–Crippen LogP) is 1.96. The second-order valence-corrected chi connectivity index (χ2v) is 5.48. The zero-order valence-electron chi connectivity index (χ0n) is 13.7. The van der Waals surface area contributed by atoms with Crippen molar-refractivity contribution in [2.24, 2.45) is 5.73 Å². The van der Waals surface area contributed by atoms with Gasteiger partial charge in [-0.15, -0.1) is 24.8 Å². The smallest absolute Gasteiger partial charge is 0.225 e. The van der Waals surface area contributed by atoms with Gasteiger partial charge in [0.25, 0.3) is 0 Å². The molecule has 1 fully saturated rings. The molecule has 0 radical (unpaired) electrons. The average molecular weight is 363 g/mol. The van der Waals surface area contributed by atoms with Crippen molar-refractivity contribution in [2.45, 2.75) is 19.9 Å². The highest BCUT2D eigenvalue weighted by atomic mass is 35.5. The van der Waals surface area contributed by atoms with Crippen LogP contribution in [0.1, 0.15) is 18.9 Å². The van der Waals surface area contributed by atoms with Crippen LogP contribution < -0.4 is 11.1 Å². The van der Waals surface area contributed by atoms with E-state index < -0.39 is 0 Å². The molecule has 0 atom stereocenters. The number of hydrogen-bond acceptors (Lipinski definition) is 4. The number of halogens is 2. The molecular weight excluding hydrogens is 335 g/mol. The first kappa shape index (κ1) is 22.1. The molecule has 23 heavy (non-hydrogen) atoms. The van der Waals surface area contributed by atoms with Gasteiger partial charge in [0.2, 0.25) is 5.91 Å². The van der Waals surface area contributed by atoms with Crippen molar-refractivity contribution in [3.8, 4) is 0 Å². The molecule has 0 bridgehead atoms. The second-order valence-electron chi connectivity index (χ2n) is 5.48. The Morgan fingerprint density at radius 1 is 1.09 bits per heavy atom. The Bertz CT molecular complexity index is 448. The van der Waals surface area contributed by atoms with E-state index in [0.717, 1.165) is 50.5 Å². The highest BCUT2D eigenvalue weighted by Gasteiger charge is 2.15. The number of anilines is 1. The summed E-state index contributed by atoms with van der Waals surface area (Å²) in [6.07, 6.45) is 0.546. The predicted molar refractivity (Wildman–Crippen MR) is 101 cm³/mol. The number of hydrogen-bond donors (Lipinski definition) is 2. The van der Waals surface area contributed by atoms with Crippen molar-refractivity contribution in [2.75, 3.05) is 44.6 Å². The molecule has 2 rings (SSSR count). The number of carbonyl (C=O) groups is 1. The van der Waals surface area contributed by atoms with Gasteiger partial charge in [0.05, 0.1) is 0 Å². The quantitative estimate of drug-likeness (QED) is 0.811. The van der Waals surface area contributed by atoms with Crippen LogP contribution in [0.25, 0.3) is 0 Å². The van der Waals surface area contributed by atoms with Crippen LogP contribution in [-0.2, 0) is 11.3 Å². The van der Waals surface area contributed by atoms with Crippen molar-refractivity contribution in [3.63, 3.8) is 0 Å². The zero-order chi connectivity index (χ0) is 15.1. The molecule has 1 heterocycles. The van der Waals surface area contributed by atoms with Crippen LogP contribution in [0.2, 0.25) is 0 Å². The average Bonchev–Trinajstić information content (AvgIpc) is 2.54. The Morgan fingerprint density at radius 3 is 2.17 bits per heavy atom. The number of nitrogens with two attached hydrogens (primary N) is 1. The summed E-state index contributed by atoms with van der Waals surface area (Å²) in [5, 5.41) is 2.94. The largest absolute Gasteiger partial charge is 0.326 e. The summed E-state index contributed by atoms with van der Waals surface area (Å²) in [6, 6.07) is 7.69. The normalized spacial score (nSPS) is 15.4. The monoisotopic (exact) mass is 362 g/mol. The van der Waals surface area contributed by atoms with E-state index in [9.17, 15) is 4.79 Å². The molecule has 132 valence electrons. The zero-order valence-corrected chi connectivity index (χ0v) is 15.3. The highest BCUT2D eigenvalue weighted by Crippen LogP contribution is 2.10. The van der Waals surface area contributed by atoms with Gasteiger partial charge in [-0.05, 0) is 24.2 Å². The third-order valence-corrected chi connectivity index (χ3v) is 4.04. The van der Waals surface area contributed by atoms with Gasteiger partial charge in [0.15, 0.2) is 0 Å². The molecule has 1 amide bonds. The van der Waals surface area contributed by atoms with E-state index >= 15 is 0 Å². The SMILES string of the molecule is CCN1CCN(CCC(=O)Nc2ccc(CN)cc2)CC1.Cl.Cl. The summed E-state index contributed by atoms with van der Waals surface area (Å²) in [7, 11) is 0. The van der Waals surface area contributed by atoms with Gasteiger partial charge < -0.3 is 20.9 Å². The topological polar surface area (TPSA) is 61.6 Å². The molecule has 1 aliphatic rings. The molecule has 1 aromatic rings. The molecule has 1 aromatic carbocycles. The van der Waals surface area contributed by atoms with E-state index in [1.807, 2.05) is 24.3 Å². The fourth-order valence-electron chi connectivity index (χ4n) is 2.54. The minimum absolute atomic E-state index is 0. The minimum atomic E-state index is 0. The van der Waals surface area contributed by atoms with Crippen LogP contribution >= 0.6 is 24.8 Å². The Labute approximate surface area is 151 Å². The lowest BCUT2D eigenvalue weighted by molar-refractivity contribution is -0.116. The van der Waals surface area contributed by atoms with Crippen LogP contribution in [0.15, 0.2) is 24.3 Å². The summed E-state index contributed by atoms with van der Waals surface area (Å²) in [6.45, 7) is 9.02. The van der Waals surface area contributed by atoms with Crippen molar-refractivity contribution < 1.29 is 4.79 Å². The molecular formula is C16H28Cl2N4O. The lowest BCUT2D eigenvalue weighted by Gasteiger charge is -2.33. The van der Waals surface area contributed by atoms with Gasteiger partial charge in [-0.3, -0.25) is 4.79 Å². The van der Waals surface area contributed by atoms with E-state index in [0.29, 0.717) is 13.0 Å². The fourth-order valence-corrected chi connectivity index (χ4v) is 2.54. The van der Waals surface area contributed by atoms with Gasteiger partial charge in [0.1, 0.15) is 0 Å². The number of likely N-dealkylation sites (N-methyl/N-ethyl adjacent to an activating group) is 1. The number of amides is 1. The number of benzene rings is 1. The number of rotatable bonds is 6. The van der Waals surface area contributed by atoms with Crippen LogP contribution in [0.5, 0.6) is 0 Å². The first-order valence-corrected chi connectivity index (χ1v) is 7.75. The van der Waals surface area contributed by atoms with Crippen LogP contribution in [0, 0.1) is 0 Å². The van der Waals surface area contributed by atoms with Crippen LogP contribution in [0.3, 0.4) is 0 Å². The lowest BCUT2D eigenvalue weighted by Crippen LogP contribution is -2.46. The summed E-state index contributed by atoms with van der Waals surface area (Å²) < 4.78 is 0. The number of nitrogens with one attached hydrogen (secondary N) is 1. The molecule has 0 saturated carbocycles. The molecule has 0 spiro atoms. The molecule has 1 aliphatic heterocycles. The molecule has 0 unspecified atom stereocenters. The van der Waals surface area contributed by atoms with E-state index in [2.05, 4.69) is 22.0 Å². The summed E-state index contributed by atoms with van der Waals surface area (Å²) in [5.41, 5.74) is 7.47. The van der Waals surface area contributed by atoms with Crippen molar-refractivity contribution in [1.82, 2.24) is 9.80 Å². The van der Waals surface area contributed by atoms with Gasteiger partial charge in [-0.25, -0.2) is 0 Å². The standard InChI is InChI=1S/C16H26N4O.2ClH/c1-2-19-9-11-20(12-10-19)8-7-16(21)18-15-5-3-14(13-17)4-6-15;;/h3-6H,2,7-13,17H2,1H3,(H,18,21);2*1H. The first-order valence-electron chi connectivity index (χ1n) is 7.75. The maximum atomic E-state index is 12.0. The summed E-state index contributed by atoms with van der Waals surface area (Å²) in [4.78, 5) is 16.8.